The van der Waals surface area contributed by atoms with Crippen molar-refractivity contribution in [3.05, 3.63) is 23.4 Å². The van der Waals surface area contributed by atoms with Gasteiger partial charge >= 0.3 is 0 Å². The molecule has 1 aliphatic heterocycles. The molecule has 0 amide bonds. The Morgan fingerprint density at radius 2 is 2.22 bits per heavy atom. The first kappa shape index (κ1) is 6.15. The summed E-state index contributed by atoms with van der Waals surface area (Å²) in [6.07, 6.45) is 2.11. The molecule has 0 radical (unpaired) electrons. The van der Waals surface area contributed by atoms with E-state index in [0.29, 0.717) is 0 Å². The number of hydrogen-bond acceptors (Lipinski definition) is 3. The maximum Gasteiger partial charge on any atom is 0.254 e. The Morgan fingerprint density at radius 1 is 1.56 bits per heavy atom. The highest BCUT2D eigenvalue weighted by Gasteiger charge is 2.05. The van der Waals surface area contributed by atoms with Crippen LogP contribution in [0, 0.1) is 0 Å². The van der Waals surface area contributed by atoms with Crippen LogP contribution in [0.15, 0.2) is 23.4 Å². The van der Waals surface area contributed by atoms with Crippen LogP contribution in [0.4, 0.5) is 0 Å². The van der Waals surface area contributed by atoms with E-state index in [1.165, 1.54) is 0 Å². The number of aliphatic hydroxyl groups is 1. The molecule has 0 aromatic carbocycles. The molecule has 4 nitrogen and oxygen atoms in total. The topological polar surface area (TPSA) is 66.4 Å². The van der Waals surface area contributed by atoms with Crippen LogP contribution in [0.1, 0.15) is 0 Å². The van der Waals surface area contributed by atoms with Crippen molar-refractivity contribution in [3.8, 4) is 0 Å². The van der Waals surface area contributed by atoms with Crippen molar-refractivity contribution in [2.75, 3.05) is 0 Å². The molecule has 5 heteroatoms. The molecule has 1 rings (SSSR count). The molecular formula is C4H5NO3S. The van der Waals surface area contributed by atoms with Crippen LogP contribution in [0.25, 0.3) is 0 Å². The standard InChI is InChI=1S/C4H5NO3S/c6-4-1-2-9(7,8)5-3-4/h1-3,5-6H. The molecule has 1 aliphatic rings. The average Bonchev–Trinajstić information content (AvgIpc) is 1.78. The van der Waals surface area contributed by atoms with Gasteiger partial charge in [-0.2, -0.15) is 0 Å². The van der Waals surface area contributed by atoms with E-state index in [2.05, 4.69) is 0 Å². The van der Waals surface area contributed by atoms with Crippen LogP contribution in [-0.4, -0.2) is 13.5 Å². The minimum atomic E-state index is -3.28. The highest BCUT2D eigenvalue weighted by molar-refractivity contribution is 7.92. The van der Waals surface area contributed by atoms with E-state index in [1.54, 1.807) is 0 Å². The molecule has 0 fully saturated rings. The summed E-state index contributed by atoms with van der Waals surface area (Å²) in [7, 11) is -3.28. The van der Waals surface area contributed by atoms with Gasteiger partial charge in [0.25, 0.3) is 10.0 Å². The van der Waals surface area contributed by atoms with E-state index in [-0.39, 0.29) is 5.76 Å². The van der Waals surface area contributed by atoms with Crippen molar-refractivity contribution in [1.29, 1.82) is 0 Å². The third-order valence-electron chi connectivity index (χ3n) is 0.789. The maximum absolute atomic E-state index is 10.4. The van der Waals surface area contributed by atoms with Crippen LogP contribution in [-0.2, 0) is 10.0 Å². The lowest BCUT2D eigenvalue weighted by molar-refractivity contribution is 0.428. The molecule has 1 heterocycles. The lowest BCUT2D eigenvalue weighted by Gasteiger charge is -2.01. The van der Waals surface area contributed by atoms with Gasteiger partial charge in [-0.05, 0) is 6.08 Å². The average molecular weight is 147 g/mol. The lowest BCUT2D eigenvalue weighted by Crippen LogP contribution is -2.17. The summed E-state index contributed by atoms with van der Waals surface area (Å²) in [6, 6.07) is 0. The van der Waals surface area contributed by atoms with Gasteiger partial charge in [0.2, 0.25) is 0 Å². The molecule has 50 valence electrons. The van der Waals surface area contributed by atoms with Gasteiger partial charge in [-0.25, -0.2) is 8.42 Å². The highest BCUT2D eigenvalue weighted by Crippen LogP contribution is 1.99. The molecule has 0 atom stereocenters. The first-order valence-electron chi connectivity index (χ1n) is 2.20. The quantitative estimate of drug-likeness (QED) is 0.500. The van der Waals surface area contributed by atoms with Gasteiger partial charge in [-0.15, -0.1) is 0 Å². The summed E-state index contributed by atoms with van der Waals surface area (Å²) >= 11 is 0. The Balaban J connectivity index is 2.95. The lowest BCUT2D eigenvalue weighted by atomic mass is 10.5. The minimum Gasteiger partial charge on any atom is -0.506 e. The van der Waals surface area contributed by atoms with Crippen molar-refractivity contribution in [1.82, 2.24) is 4.72 Å². The van der Waals surface area contributed by atoms with E-state index in [4.69, 9.17) is 5.11 Å². The van der Waals surface area contributed by atoms with Gasteiger partial charge in [-0.3, -0.25) is 4.72 Å². The molecule has 0 spiro atoms. The SMILES string of the molecule is O=S1(=O)C=CC(O)=CN1. The van der Waals surface area contributed by atoms with Crippen LogP contribution in [0.2, 0.25) is 0 Å². The molecule has 0 saturated heterocycles. The zero-order valence-corrected chi connectivity index (χ0v) is 5.22. The second kappa shape index (κ2) is 1.77. The Morgan fingerprint density at radius 3 is 2.56 bits per heavy atom. The van der Waals surface area contributed by atoms with Crippen molar-refractivity contribution < 1.29 is 13.5 Å². The van der Waals surface area contributed by atoms with Gasteiger partial charge in [0.1, 0.15) is 5.76 Å². The van der Waals surface area contributed by atoms with Crippen LogP contribution in [0.5, 0.6) is 0 Å². The van der Waals surface area contributed by atoms with E-state index in [0.717, 1.165) is 17.7 Å². The van der Waals surface area contributed by atoms with E-state index >= 15 is 0 Å². The van der Waals surface area contributed by atoms with Gasteiger partial charge in [-0.1, -0.05) is 0 Å². The molecule has 0 aromatic rings. The zero-order chi connectivity index (χ0) is 6.91. The number of aliphatic hydroxyl groups excluding tert-OH is 1. The summed E-state index contributed by atoms with van der Waals surface area (Å²) < 4.78 is 22.9. The molecule has 0 aromatic heterocycles. The van der Waals surface area contributed by atoms with Crippen LogP contribution < -0.4 is 4.72 Å². The largest absolute Gasteiger partial charge is 0.506 e. The first-order valence-corrected chi connectivity index (χ1v) is 3.74. The van der Waals surface area contributed by atoms with E-state index in [9.17, 15) is 8.42 Å². The molecule has 0 saturated carbocycles. The normalized spacial score (nSPS) is 22.4. The van der Waals surface area contributed by atoms with Crippen molar-refractivity contribution >= 4 is 10.0 Å². The van der Waals surface area contributed by atoms with Crippen molar-refractivity contribution in [2.24, 2.45) is 0 Å². The fourth-order valence-electron chi connectivity index (χ4n) is 0.389. The smallest absolute Gasteiger partial charge is 0.254 e. The monoisotopic (exact) mass is 147 g/mol. The van der Waals surface area contributed by atoms with Gasteiger partial charge in [0, 0.05) is 0 Å². The second-order valence-corrected chi connectivity index (χ2v) is 3.13. The number of sulfonamides is 1. The summed E-state index contributed by atoms with van der Waals surface area (Å²) in [4.78, 5) is 0. The van der Waals surface area contributed by atoms with Gasteiger partial charge < -0.3 is 5.11 Å². The molecular weight excluding hydrogens is 142 g/mol. The summed E-state index contributed by atoms with van der Waals surface area (Å²) in [5.74, 6) is -0.0928. The van der Waals surface area contributed by atoms with Crippen molar-refractivity contribution in [2.45, 2.75) is 0 Å². The predicted molar refractivity (Wildman–Crippen MR) is 31.9 cm³/mol. The molecule has 9 heavy (non-hydrogen) atoms. The minimum absolute atomic E-state index is 0.0928. The predicted octanol–water partition coefficient (Wildman–Crippen LogP) is -0.167. The Labute approximate surface area is 52.6 Å². The number of nitrogens with one attached hydrogen (secondary N) is 1. The summed E-state index contributed by atoms with van der Waals surface area (Å²) in [6.45, 7) is 0. The van der Waals surface area contributed by atoms with E-state index in [1.807, 2.05) is 4.72 Å². The summed E-state index contributed by atoms with van der Waals surface area (Å²) in [5, 5.41) is 9.48. The zero-order valence-electron chi connectivity index (χ0n) is 4.40. The maximum atomic E-state index is 10.4. The molecule has 0 aliphatic carbocycles. The Kier molecular flexibility index (Phi) is 1.21. The third kappa shape index (κ3) is 1.46. The molecule has 2 N–H and O–H groups in total. The first-order chi connectivity index (χ1) is 4.10. The van der Waals surface area contributed by atoms with Crippen LogP contribution in [0.3, 0.4) is 0 Å². The van der Waals surface area contributed by atoms with E-state index < -0.39 is 10.0 Å². The fraction of sp³-hybridized carbons (Fsp3) is 0. The molecule has 0 unspecified atom stereocenters. The highest BCUT2D eigenvalue weighted by atomic mass is 32.2. The van der Waals surface area contributed by atoms with Gasteiger partial charge in [0.15, 0.2) is 0 Å². The van der Waals surface area contributed by atoms with Crippen LogP contribution >= 0.6 is 0 Å². The Bertz CT molecular complexity index is 262. The van der Waals surface area contributed by atoms with Gasteiger partial charge in [0.05, 0.1) is 11.6 Å². The molecule has 0 bridgehead atoms. The third-order valence-corrected chi connectivity index (χ3v) is 1.73. The Hall–Kier alpha value is -0.970. The fourth-order valence-corrected chi connectivity index (χ4v) is 1.07. The number of hydrogen-bond donors (Lipinski definition) is 2. The number of allylic oxidation sites excluding steroid dienone is 1. The summed E-state index contributed by atoms with van der Waals surface area (Å²) in [5.41, 5.74) is 0. The van der Waals surface area contributed by atoms with Crippen molar-refractivity contribution in [3.63, 3.8) is 0 Å². The number of rotatable bonds is 0. The second-order valence-electron chi connectivity index (χ2n) is 1.53.